The van der Waals surface area contributed by atoms with Crippen molar-refractivity contribution in [2.45, 2.75) is 51.1 Å². The lowest BCUT2D eigenvalue weighted by molar-refractivity contribution is 0.0734. The number of nitrogens with zero attached hydrogens (tertiary/aromatic N) is 2. The molecule has 1 amide bonds. The molecule has 0 bridgehead atoms. The molecule has 1 aliphatic heterocycles. The molecule has 1 aromatic heterocycles. The molecule has 0 spiro atoms. The van der Waals surface area contributed by atoms with Gasteiger partial charge in [0.1, 0.15) is 0 Å². The van der Waals surface area contributed by atoms with Crippen LogP contribution in [0.4, 0.5) is 5.69 Å². The van der Waals surface area contributed by atoms with Gasteiger partial charge in [0.15, 0.2) is 11.5 Å². The second-order valence-corrected chi connectivity index (χ2v) is 7.89. The van der Waals surface area contributed by atoms with Crippen LogP contribution in [0.1, 0.15) is 53.6 Å². The van der Waals surface area contributed by atoms with E-state index in [-0.39, 0.29) is 5.91 Å². The largest absolute Gasteiger partial charge is 0.493 e. The van der Waals surface area contributed by atoms with Gasteiger partial charge >= 0.3 is 0 Å². The molecule has 29 heavy (non-hydrogen) atoms. The first-order valence-corrected chi connectivity index (χ1v) is 10.4. The van der Waals surface area contributed by atoms with E-state index in [9.17, 15) is 4.79 Å². The zero-order valence-electron chi connectivity index (χ0n) is 17.2. The van der Waals surface area contributed by atoms with Crippen molar-refractivity contribution in [2.24, 2.45) is 0 Å². The summed E-state index contributed by atoms with van der Waals surface area (Å²) < 4.78 is 10.8. The number of hydrogen-bond acceptors (Lipinski definition) is 5. The molecule has 0 radical (unpaired) electrons. The van der Waals surface area contributed by atoms with Crippen molar-refractivity contribution >= 4 is 11.6 Å². The van der Waals surface area contributed by atoms with Crippen LogP contribution in [0, 0.1) is 0 Å². The SMILES string of the molecule is COc1cc2c(cc1OC)CN(C(=O)c1cncc(NC3CCCCC3)c1)CC2. The van der Waals surface area contributed by atoms with E-state index in [2.05, 4.69) is 10.3 Å². The van der Waals surface area contributed by atoms with Crippen molar-refractivity contribution < 1.29 is 14.3 Å². The summed E-state index contributed by atoms with van der Waals surface area (Å²) >= 11 is 0. The predicted octanol–water partition coefficient (Wildman–Crippen LogP) is 4.04. The second-order valence-electron chi connectivity index (χ2n) is 7.89. The highest BCUT2D eigenvalue weighted by molar-refractivity contribution is 5.95. The van der Waals surface area contributed by atoms with Gasteiger partial charge in [0.05, 0.1) is 25.5 Å². The molecule has 2 aromatic rings. The zero-order valence-corrected chi connectivity index (χ0v) is 17.2. The molecule has 4 rings (SSSR count). The van der Waals surface area contributed by atoms with Crippen LogP contribution < -0.4 is 14.8 Å². The quantitative estimate of drug-likeness (QED) is 0.828. The van der Waals surface area contributed by atoms with Gasteiger partial charge in [-0.05, 0) is 48.6 Å². The van der Waals surface area contributed by atoms with E-state index >= 15 is 0 Å². The summed E-state index contributed by atoms with van der Waals surface area (Å²) in [5.41, 5.74) is 3.88. The average Bonchev–Trinajstić information content (AvgIpc) is 2.78. The lowest BCUT2D eigenvalue weighted by Gasteiger charge is -2.30. The highest BCUT2D eigenvalue weighted by Crippen LogP contribution is 2.33. The monoisotopic (exact) mass is 395 g/mol. The Morgan fingerprint density at radius 1 is 1.03 bits per heavy atom. The fraction of sp³-hybridized carbons (Fsp3) is 0.478. The first-order chi connectivity index (χ1) is 14.2. The Labute approximate surface area is 172 Å². The minimum Gasteiger partial charge on any atom is -0.493 e. The number of fused-ring (bicyclic) bond motifs is 1. The smallest absolute Gasteiger partial charge is 0.255 e. The number of amides is 1. The maximum atomic E-state index is 13.1. The third-order valence-corrected chi connectivity index (χ3v) is 5.97. The Hall–Kier alpha value is -2.76. The van der Waals surface area contributed by atoms with E-state index in [1.165, 1.54) is 37.7 Å². The van der Waals surface area contributed by atoms with Gasteiger partial charge in [0, 0.05) is 31.5 Å². The summed E-state index contributed by atoms with van der Waals surface area (Å²) in [6.45, 7) is 1.25. The topological polar surface area (TPSA) is 63.7 Å². The minimum absolute atomic E-state index is 0.0187. The number of aromatic nitrogens is 1. The van der Waals surface area contributed by atoms with Gasteiger partial charge in [0.25, 0.3) is 5.91 Å². The number of pyridine rings is 1. The molecule has 1 fully saturated rings. The number of rotatable bonds is 5. The Balaban J connectivity index is 1.48. The number of nitrogens with one attached hydrogen (secondary N) is 1. The number of carbonyl (C=O) groups excluding carboxylic acids is 1. The van der Waals surface area contributed by atoms with Crippen molar-refractivity contribution in [2.75, 3.05) is 26.1 Å². The molecule has 0 saturated heterocycles. The third-order valence-electron chi connectivity index (χ3n) is 5.97. The minimum atomic E-state index is 0.0187. The van der Waals surface area contributed by atoms with Crippen molar-refractivity contribution in [3.63, 3.8) is 0 Å². The Morgan fingerprint density at radius 2 is 1.76 bits per heavy atom. The summed E-state index contributed by atoms with van der Waals surface area (Å²) in [6, 6.07) is 6.42. The van der Waals surface area contributed by atoms with E-state index in [1.54, 1.807) is 20.4 Å². The molecule has 1 saturated carbocycles. The van der Waals surface area contributed by atoms with Crippen LogP contribution in [0.5, 0.6) is 11.5 Å². The lowest BCUT2D eigenvalue weighted by atomic mass is 9.95. The summed E-state index contributed by atoms with van der Waals surface area (Å²) in [5.74, 6) is 1.45. The van der Waals surface area contributed by atoms with Crippen molar-refractivity contribution in [1.82, 2.24) is 9.88 Å². The van der Waals surface area contributed by atoms with Gasteiger partial charge in [-0.15, -0.1) is 0 Å². The van der Waals surface area contributed by atoms with Gasteiger partial charge in [-0.2, -0.15) is 0 Å². The van der Waals surface area contributed by atoms with Crippen LogP contribution >= 0.6 is 0 Å². The van der Waals surface area contributed by atoms with Gasteiger partial charge in [-0.25, -0.2) is 0 Å². The van der Waals surface area contributed by atoms with Crippen molar-refractivity contribution in [3.8, 4) is 11.5 Å². The van der Waals surface area contributed by atoms with Crippen LogP contribution in [0.2, 0.25) is 0 Å². The standard InChI is InChI=1S/C23H29N3O3/c1-28-21-11-16-8-9-26(15-18(16)12-22(21)29-2)23(27)17-10-20(14-24-13-17)25-19-6-4-3-5-7-19/h10-14,19,25H,3-9,15H2,1-2H3. The Bertz CT molecular complexity index is 878. The number of methoxy groups -OCH3 is 2. The van der Waals surface area contributed by atoms with E-state index in [0.29, 0.717) is 30.4 Å². The maximum Gasteiger partial charge on any atom is 0.255 e. The van der Waals surface area contributed by atoms with Crippen LogP contribution in [-0.4, -0.2) is 42.6 Å². The molecule has 0 atom stereocenters. The normalized spacial score (nSPS) is 16.8. The molecule has 2 heterocycles. The molecular formula is C23H29N3O3. The summed E-state index contributed by atoms with van der Waals surface area (Å²) in [7, 11) is 3.27. The first-order valence-electron chi connectivity index (χ1n) is 10.4. The average molecular weight is 396 g/mol. The third kappa shape index (κ3) is 4.31. The molecule has 154 valence electrons. The fourth-order valence-corrected chi connectivity index (χ4v) is 4.36. The fourth-order valence-electron chi connectivity index (χ4n) is 4.36. The van der Waals surface area contributed by atoms with Crippen LogP contribution in [0.25, 0.3) is 0 Å². The lowest BCUT2D eigenvalue weighted by Crippen LogP contribution is -2.36. The first kappa shape index (κ1) is 19.6. The highest BCUT2D eigenvalue weighted by atomic mass is 16.5. The number of benzene rings is 1. The molecular weight excluding hydrogens is 366 g/mol. The van der Waals surface area contributed by atoms with Gasteiger partial charge in [-0.1, -0.05) is 19.3 Å². The Morgan fingerprint density at radius 3 is 2.48 bits per heavy atom. The molecule has 1 N–H and O–H groups in total. The van der Waals surface area contributed by atoms with Crippen LogP contribution in [0.15, 0.2) is 30.6 Å². The predicted molar refractivity (Wildman–Crippen MR) is 113 cm³/mol. The van der Waals surface area contributed by atoms with Gasteiger partial charge in [-0.3, -0.25) is 9.78 Å². The summed E-state index contributed by atoms with van der Waals surface area (Å²) in [4.78, 5) is 19.3. The molecule has 2 aliphatic rings. The number of anilines is 1. The van der Waals surface area contributed by atoms with Crippen LogP contribution in [-0.2, 0) is 13.0 Å². The molecule has 1 aromatic carbocycles. The van der Waals surface area contributed by atoms with Crippen LogP contribution in [0.3, 0.4) is 0 Å². The van der Waals surface area contributed by atoms with E-state index in [1.807, 2.05) is 29.3 Å². The zero-order chi connectivity index (χ0) is 20.2. The van der Waals surface area contributed by atoms with E-state index in [4.69, 9.17) is 9.47 Å². The van der Waals surface area contributed by atoms with Gasteiger partial charge < -0.3 is 19.7 Å². The summed E-state index contributed by atoms with van der Waals surface area (Å²) in [6.07, 6.45) is 10.5. The number of carbonyl (C=O) groups is 1. The van der Waals surface area contributed by atoms with Crippen molar-refractivity contribution in [3.05, 3.63) is 47.3 Å². The molecule has 1 aliphatic carbocycles. The summed E-state index contributed by atoms with van der Waals surface area (Å²) in [5, 5.41) is 3.56. The maximum absolute atomic E-state index is 13.1. The van der Waals surface area contributed by atoms with Crippen molar-refractivity contribution in [1.29, 1.82) is 0 Å². The molecule has 6 heteroatoms. The number of ether oxygens (including phenoxy) is 2. The highest BCUT2D eigenvalue weighted by Gasteiger charge is 2.24. The van der Waals surface area contributed by atoms with E-state index < -0.39 is 0 Å². The Kier molecular flexibility index (Phi) is 5.88. The molecule has 6 nitrogen and oxygen atoms in total. The number of hydrogen-bond donors (Lipinski definition) is 1. The van der Waals surface area contributed by atoms with E-state index in [0.717, 1.165) is 23.4 Å². The van der Waals surface area contributed by atoms with Gasteiger partial charge in [0.2, 0.25) is 0 Å². The molecule has 0 unspecified atom stereocenters. The second kappa shape index (κ2) is 8.72.